The second-order valence-electron chi connectivity index (χ2n) is 10.5. The van der Waals surface area contributed by atoms with Crippen molar-refractivity contribution >= 4 is 10.1 Å². The lowest BCUT2D eigenvalue weighted by atomic mass is 10.0. The lowest BCUT2D eigenvalue weighted by Gasteiger charge is -2.13. The number of pyridine rings is 1. The molecule has 36 heavy (non-hydrogen) atoms. The summed E-state index contributed by atoms with van der Waals surface area (Å²) in [6.07, 6.45) is 31.3. The van der Waals surface area contributed by atoms with Crippen LogP contribution in [0.25, 0.3) is 0 Å². The maximum Gasteiger partial charge on any atom is 0.267 e. The Morgan fingerprint density at radius 2 is 0.833 bits per heavy atom. The quantitative estimate of drug-likeness (QED) is 0.108. The van der Waals surface area contributed by atoms with Crippen LogP contribution >= 0.6 is 0 Å². The maximum absolute atomic E-state index is 11.7. The van der Waals surface area contributed by atoms with Gasteiger partial charge in [0.2, 0.25) is 0 Å². The number of hydrogen-bond acceptors (Lipinski definition) is 3. The summed E-state index contributed by atoms with van der Waals surface area (Å²) in [5.74, 6) is 0. The Hall–Kier alpha value is -0.940. The van der Waals surface area contributed by atoms with Crippen molar-refractivity contribution in [1.82, 2.24) is 4.98 Å². The molecule has 0 bridgehead atoms. The van der Waals surface area contributed by atoms with Crippen LogP contribution in [0.3, 0.4) is 0 Å². The lowest BCUT2D eigenvalue weighted by molar-refractivity contribution is 0.442. The van der Waals surface area contributed by atoms with Gasteiger partial charge in [-0.15, -0.1) is 0 Å². The first-order valence-electron chi connectivity index (χ1n) is 15.3. The minimum Gasteiger partial charge on any atom is -0.285 e. The topological polar surface area (TPSA) is 67.3 Å². The van der Waals surface area contributed by atoms with Gasteiger partial charge in [-0.05, 0) is 25.0 Å². The highest BCUT2D eigenvalue weighted by Gasteiger charge is 2.21. The minimum atomic E-state index is -3.88. The van der Waals surface area contributed by atoms with Crippen molar-refractivity contribution in [3.05, 3.63) is 30.6 Å². The van der Waals surface area contributed by atoms with E-state index in [9.17, 15) is 13.0 Å². The first-order valence-corrected chi connectivity index (χ1v) is 16.8. The normalized spacial score (nSPS) is 12.2. The van der Waals surface area contributed by atoms with Gasteiger partial charge in [-0.3, -0.25) is 9.54 Å². The highest BCUT2D eigenvalue weighted by Crippen LogP contribution is 2.19. The van der Waals surface area contributed by atoms with Crippen LogP contribution in [0.4, 0.5) is 0 Å². The van der Waals surface area contributed by atoms with E-state index < -0.39 is 15.4 Å². The maximum atomic E-state index is 11.7. The van der Waals surface area contributed by atoms with Crippen LogP contribution in [-0.4, -0.2) is 23.2 Å². The summed E-state index contributed by atoms with van der Waals surface area (Å²) in [7, 11) is -3.88. The van der Waals surface area contributed by atoms with E-state index in [1.807, 2.05) is 18.2 Å². The summed E-state index contributed by atoms with van der Waals surface area (Å²) >= 11 is 0. The van der Waals surface area contributed by atoms with E-state index in [0.717, 1.165) is 25.7 Å². The third-order valence-corrected chi connectivity index (χ3v) is 8.31. The molecule has 0 radical (unpaired) electrons. The molecule has 4 nitrogen and oxygen atoms in total. The Bertz CT molecular complexity index is 610. The van der Waals surface area contributed by atoms with Gasteiger partial charge in [0.1, 0.15) is 0 Å². The summed E-state index contributed by atoms with van der Waals surface area (Å²) in [5.41, 5.74) is 0. The van der Waals surface area contributed by atoms with Crippen LogP contribution < -0.4 is 0 Å². The smallest absolute Gasteiger partial charge is 0.267 e. The molecule has 0 saturated carbocycles. The van der Waals surface area contributed by atoms with Crippen LogP contribution in [-0.2, 0) is 10.1 Å². The van der Waals surface area contributed by atoms with E-state index in [-0.39, 0.29) is 0 Å². The molecule has 1 heterocycles. The van der Waals surface area contributed by atoms with Gasteiger partial charge in [0, 0.05) is 12.4 Å². The van der Waals surface area contributed by atoms with Gasteiger partial charge in [-0.25, -0.2) is 0 Å². The minimum absolute atomic E-state index is 0.537. The van der Waals surface area contributed by atoms with E-state index in [1.165, 1.54) is 109 Å². The molecule has 0 saturated heterocycles. The van der Waals surface area contributed by atoms with Crippen LogP contribution in [0.15, 0.2) is 30.6 Å². The largest absolute Gasteiger partial charge is 0.285 e. The molecule has 0 fully saturated rings. The Balaban J connectivity index is 0.00000176. The predicted molar refractivity (Wildman–Crippen MR) is 157 cm³/mol. The first-order chi connectivity index (χ1) is 17.5. The van der Waals surface area contributed by atoms with Crippen LogP contribution in [0.1, 0.15) is 162 Å². The fourth-order valence-electron chi connectivity index (χ4n) is 4.65. The van der Waals surface area contributed by atoms with E-state index >= 15 is 0 Å². The van der Waals surface area contributed by atoms with Gasteiger partial charge < -0.3 is 0 Å². The van der Waals surface area contributed by atoms with E-state index in [0.29, 0.717) is 12.8 Å². The van der Waals surface area contributed by atoms with Gasteiger partial charge in [0.15, 0.2) is 0 Å². The standard InChI is InChI=1S/C26H54O3S.C5H5N/c1-3-5-7-9-11-12-13-14-15-16-17-19-21-23-25-26(30(27,28)29)24-22-20-18-10-8-6-4-2;1-2-4-6-5-3-1/h26H,3-25H2,1-2H3,(H,27,28,29);1-5H. The fraction of sp³-hybridized carbons (Fsp3) is 0.839. The molecule has 1 rings (SSSR count). The Morgan fingerprint density at radius 3 is 1.06 bits per heavy atom. The fourth-order valence-corrected chi connectivity index (χ4v) is 5.58. The molecule has 1 atom stereocenters. The molecular weight excluding hydrogens is 466 g/mol. The van der Waals surface area contributed by atoms with E-state index in [2.05, 4.69) is 18.8 Å². The van der Waals surface area contributed by atoms with Crippen LogP contribution in [0, 0.1) is 0 Å². The average Bonchev–Trinajstić information content (AvgIpc) is 2.87. The summed E-state index contributed by atoms with van der Waals surface area (Å²) < 4.78 is 32.8. The number of hydrogen-bond donors (Lipinski definition) is 1. The van der Waals surface area contributed by atoms with E-state index in [1.54, 1.807) is 12.4 Å². The number of rotatable bonds is 24. The predicted octanol–water partition coefficient (Wildman–Crippen LogP) is 10.3. The Morgan fingerprint density at radius 1 is 0.528 bits per heavy atom. The highest BCUT2D eigenvalue weighted by atomic mass is 32.2. The van der Waals surface area contributed by atoms with Crippen molar-refractivity contribution in [3.8, 4) is 0 Å². The lowest BCUT2D eigenvalue weighted by Crippen LogP contribution is -2.20. The van der Waals surface area contributed by atoms with Crippen molar-refractivity contribution in [3.63, 3.8) is 0 Å². The summed E-state index contributed by atoms with van der Waals surface area (Å²) in [6, 6.07) is 5.72. The SMILES string of the molecule is CCCCCCCCCCCCCCCCC(CCCCCCCCC)S(=O)(=O)O.c1ccncc1. The van der Waals surface area contributed by atoms with E-state index in [4.69, 9.17) is 0 Å². The van der Waals surface area contributed by atoms with Gasteiger partial charge in [0.05, 0.1) is 5.25 Å². The Labute approximate surface area is 225 Å². The van der Waals surface area contributed by atoms with Crippen molar-refractivity contribution in [2.24, 2.45) is 0 Å². The molecule has 1 aromatic rings. The number of nitrogens with zero attached hydrogens (tertiary/aromatic N) is 1. The molecule has 0 amide bonds. The van der Waals surface area contributed by atoms with Gasteiger partial charge in [-0.1, -0.05) is 155 Å². The first kappa shape index (κ1) is 35.1. The number of unbranched alkanes of at least 4 members (excludes halogenated alkanes) is 19. The molecule has 0 aliphatic carbocycles. The van der Waals surface area contributed by atoms with Gasteiger partial charge in [0.25, 0.3) is 10.1 Å². The van der Waals surface area contributed by atoms with Crippen molar-refractivity contribution in [2.75, 3.05) is 0 Å². The van der Waals surface area contributed by atoms with Crippen LogP contribution in [0.5, 0.6) is 0 Å². The molecular formula is C31H59NO3S. The highest BCUT2D eigenvalue weighted by molar-refractivity contribution is 7.86. The van der Waals surface area contributed by atoms with Crippen molar-refractivity contribution in [1.29, 1.82) is 0 Å². The van der Waals surface area contributed by atoms with Crippen molar-refractivity contribution < 1.29 is 13.0 Å². The zero-order valence-corrected chi connectivity index (χ0v) is 24.7. The van der Waals surface area contributed by atoms with Crippen LogP contribution in [0.2, 0.25) is 0 Å². The molecule has 1 aromatic heterocycles. The number of aromatic nitrogens is 1. The third kappa shape index (κ3) is 26.1. The molecule has 0 aliphatic rings. The van der Waals surface area contributed by atoms with Gasteiger partial charge >= 0.3 is 0 Å². The zero-order valence-electron chi connectivity index (χ0n) is 23.8. The summed E-state index contributed by atoms with van der Waals surface area (Å²) in [5, 5.41) is -0.537. The average molecular weight is 526 g/mol. The molecule has 0 aromatic carbocycles. The zero-order chi connectivity index (χ0) is 26.6. The molecule has 212 valence electrons. The summed E-state index contributed by atoms with van der Waals surface area (Å²) in [6.45, 7) is 4.48. The molecule has 0 spiro atoms. The Kier molecular flexibility index (Phi) is 26.4. The molecule has 1 N–H and O–H groups in total. The second kappa shape index (κ2) is 27.1. The van der Waals surface area contributed by atoms with Crippen molar-refractivity contribution in [2.45, 2.75) is 167 Å². The summed E-state index contributed by atoms with van der Waals surface area (Å²) in [4.78, 5) is 3.78. The molecule has 5 heteroatoms. The monoisotopic (exact) mass is 525 g/mol. The second-order valence-corrected chi connectivity index (χ2v) is 12.2. The third-order valence-electron chi connectivity index (χ3n) is 7.00. The molecule has 0 aliphatic heterocycles. The molecule has 1 unspecified atom stereocenters. The van der Waals surface area contributed by atoms with Gasteiger partial charge in [-0.2, -0.15) is 8.42 Å².